The average molecular weight is 271 g/mol. The molecule has 0 aromatic carbocycles. The molecule has 1 atom stereocenters. The second-order valence-electron chi connectivity index (χ2n) is 4.38. The van der Waals surface area contributed by atoms with Crippen molar-refractivity contribution in [2.24, 2.45) is 0 Å². The van der Waals surface area contributed by atoms with Crippen LogP contribution in [0.2, 0.25) is 5.02 Å². The first-order chi connectivity index (χ1) is 8.79. The lowest BCUT2D eigenvalue weighted by Crippen LogP contribution is -2.24. The highest BCUT2D eigenvalue weighted by molar-refractivity contribution is 6.31. The van der Waals surface area contributed by atoms with Crippen molar-refractivity contribution >= 4 is 17.4 Å². The minimum absolute atomic E-state index is 0.227. The number of halogens is 1. The minimum atomic E-state index is 0.227. The van der Waals surface area contributed by atoms with E-state index in [1.165, 1.54) is 6.42 Å². The lowest BCUT2D eigenvalue weighted by Gasteiger charge is -2.22. The molecule has 1 aliphatic heterocycles. The van der Waals surface area contributed by atoms with E-state index in [4.69, 9.17) is 21.1 Å². The van der Waals surface area contributed by atoms with Crippen molar-refractivity contribution in [3.63, 3.8) is 0 Å². The van der Waals surface area contributed by atoms with E-state index in [0.29, 0.717) is 18.2 Å². The molecular formula is C13H19ClN2O2. The number of pyridine rings is 1. The summed E-state index contributed by atoms with van der Waals surface area (Å²) in [5, 5.41) is 3.62. The van der Waals surface area contributed by atoms with Gasteiger partial charge in [0, 0.05) is 13.7 Å². The third-order valence-corrected chi connectivity index (χ3v) is 3.34. The highest BCUT2D eigenvalue weighted by Crippen LogP contribution is 2.18. The molecule has 0 radical (unpaired) electrons. The first-order valence-electron chi connectivity index (χ1n) is 6.32. The number of rotatable bonds is 5. The van der Waals surface area contributed by atoms with Gasteiger partial charge in [-0.1, -0.05) is 11.6 Å². The molecule has 0 spiro atoms. The highest BCUT2D eigenvalue weighted by Gasteiger charge is 2.14. The first-order valence-corrected chi connectivity index (χ1v) is 6.70. The van der Waals surface area contributed by atoms with E-state index in [1.54, 1.807) is 0 Å². The smallest absolute Gasteiger partial charge is 0.126 e. The molecule has 1 aromatic rings. The molecule has 1 fully saturated rings. The van der Waals surface area contributed by atoms with Crippen LogP contribution < -0.4 is 5.32 Å². The Morgan fingerprint density at radius 2 is 2.39 bits per heavy atom. The van der Waals surface area contributed by atoms with Gasteiger partial charge in [-0.05, 0) is 31.4 Å². The molecule has 100 valence electrons. The van der Waals surface area contributed by atoms with Gasteiger partial charge >= 0.3 is 0 Å². The molecule has 1 unspecified atom stereocenters. The van der Waals surface area contributed by atoms with Crippen molar-refractivity contribution in [3.05, 3.63) is 22.8 Å². The van der Waals surface area contributed by atoms with Gasteiger partial charge in [-0.2, -0.15) is 0 Å². The average Bonchev–Trinajstić information content (AvgIpc) is 2.42. The van der Waals surface area contributed by atoms with Crippen LogP contribution in [0.15, 0.2) is 12.1 Å². The molecule has 1 N–H and O–H groups in total. The maximum absolute atomic E-state index is 6.07. The maximum atomic E-state index is 6.07. The lowest BCUT2D eigenvalue weighted by molar-refractivity contribution is -0.0452. The quantitative estimate of drug-likeness (QED) is 0.894. The van der Waals surface area contributed by atoms with E-state index in [1.807, 2.05) is 19.2 Å². The Balaban J connectivity index is 1.81. The molecular weight excluding hydrogens is 252 g/mol. The van der Waals surface area contributed by atoms with Gasteiger partial charge in [0.25, 0.3) is 0 Å². The summed E-state index contributed by atoms with van der Waals surface area (Å²) in [6, 6.07) is 3.67. The molecule has 1 saturated heterocycles. The molecule has 1 aliphatic rings. The van der Waals surface area contributed by atoms with Gasteiger partial charge in [0.1, 0.15) is 5.82 Å². The summed E-state index contributed by atoms with van der Waals surface area (Å²) in [6.45, 7) is 1.89. The number of aromatic nitrogens is 1. The Hall–Kier alpha value is -0.840. The van der Waals surface area contributed by atoms with E-state index >= 15 is 0 Å². The normalized spacial score (nSPS) is 19.8. The number of nitrogens with one attached hydrogen (secondary N) is 1. The first kappa shape index (κ1) is 13.6. The second kappa shape index (κ2) is 6.92. The Kier molecular flexibility index (Phi) is 5.23. The maximum Gasteiger partial charge on any atom is 0.126 e. The zero-order valence-electron chi connectivity index (χ0n) is 10.6. The van der Waals surface area contributed by atoms with Crippen LogP contribution in [0.1, 0.15) is 25.0 Å². The Morgan fingerprint density at radius 1 is 1.50 bits per heavy atom. The van der Waals surface area contributed by atoms with Gasteiger partial charge in [-0.15, -0.1) is 0 Å². The van der Waals surface area contributed by atoms with Crippen molar-refractivity contribution in [3.8, 4) is 0 Å². The molecule has 0 aliphatic carbocycles. The Morgan fingerprint density at radius 3 is 3.11 bits per heavy atom. The van der Waals surface area contributed by atoms with Crippen LogP contribution in [0, 0.1) is 0 Å². The van der Waals surface area contributed by atoms with E-state index in [9.17, 15) is 0 Å². The monoisotopic (exact) mass is 270 g/mol. The third kappa shape index (κ3) is 3.83. The van der Waals surface area contributed by atoms with Crippen LogP contribution in [-0.4, -0.2) is 31.3 Å². The summed E-state index contributed by atoms with van der Waals surface area (Å²) in [5.74, 6) is 0.798. The minimum Gasteiger partial charge on any atom is -0.376 e. The van der Waals surface area contributed by atoms with Crippen LogP contribution in [0.5, 0.6) is 0 Å². The van der Waals surface area contributed by atoms with E-state index < -0.39 is 0 Å². The number of hydrogen-bond acceptors (Lipinski definition) is 4. The summed E-state index contributed by atoms with van der Waals surface area (Å²) < 4.78 is 11.2. The van der Waals surface area contributed by atoms with Crippen molar-refractivity contribution in [2.75, 3.05) is 25.6 Å². The predicted octanol–water partition coefficient (Wildman–Crippen LogP) is 2.86. The Bertz CT molecular complexity index is 381. The van der Waals surface area contributed by atoms with Crippen molar-refractivity contribution in [1.82, 2.24) is 4.98 Å². The summed E-state index contributed by atoms with van der Waals surface area (Å²) >= 11 is 6.07. The fraction of sp³-hybridized carbons (Fsp3) is 0.615. The number of ether oxygens (including phenoxy) is 2. The number of hydrogen-bond donors (Lipinski definition) is 1. The summed E-state index contributed by atoms with van der Waals surface area (Å²) in [7, 11) is 1.83. The predicted molar refractivity (Wildman–Crippen MR) is 72.0 cm³/mol. The molecule has 1 aromatic heterocycles. The molecule has 0 bridgehead atoms. The fourth-order valence-electron chi connectivity index (χ4n) is 1.95. The Labute approximate surface area is 113 Å². The second-order valence-corrected chi connectivity index (χ2v) is 4.79. The van der Waals surface area contributed by atoms with E-state index in [-0.39, 0.29) is 6.10 Å². The van der Waals surface area contributed by atoms with Crippen LogP contribution >= 0.6 is 11.6 Å². The van der Waals surface area contributed by atoms with Crippen molar-refractivity contribution in [2.45, 2.75) is 32.0 Å². The van der Waals surface area contributed by atoms with Crippen molar-refractivity contribution < 1.29 is 9.47 Å². The molecule has 0 saturated carbocycles. The van der Waals surface area contributed by atoms with Crippen LogP contribution in [0.25, 0.3) is 0 Å². The van der Waals surface area contributed by atoms with E-state index in [2.05, 4.69) is 10.3 Å². The van der Waals surface area contributed by atoms with Crippen LogP contribution in [-0.2, 0) is 16.1 Å². The van der Waals surface area contributed by atoms with Crippen molar-refractivity contribution in [1.29, 1.82) is 0 Å². The number of anilines is 1. The van der Waals surface area contributed by atoms with Gasteiger partial charge in [0.15, 0.2) is 0 Å². The molecule has 2 rings (SSSR count). The standard InChI is InChI=1S/C13H19ClN2O2/c1-15-13-6-5-11(14)12(16-13)9-17-8-10-4-2-3-7-18-10/h5-6,10H,2-4,7-9H2,1H3,(H,15,16). The van der Waals surface area contributed by atoms with Gasteiger partial charge < -0.3 is 14.8 Å². The third-order valence-electron chi connectivity index (χ3n) is 2.99. The van der Waals surface area contributed by atoms with Crippen LogP contribution in [0.3, 0.4) is 0 Å². The molecule has 2 heterocycles. The van der Waals surface area contributed by atoms with Gasteiger partial charge in [0.05, 0.1) is 30.0 Å². The zero-order valence-corrected chi connectivity index (χ0v) is 11.4. The SMILES string of the molecule is CNc1ccc(Cl)c(COCC2CCCCO2)n1. The van der Waals surface area contributed by atoms with Gasteiger partial charge in [-0.25, -0.2) is 4.98 Å². The molecule has 5 heteroatoms. The summed E-state index contributed by atoms with van der Waals surface area (Å²) in [6.07, 6.45) is 3.69. The topological polar surface area (TPSA) is 43.4 Å². The van der Waals surface area contributed by atoms with Crippen LogP contribution in [0.4, 0.5) is 5.82 Å². The molecule has 18 heavy (non-hydrogen) atoms. The number of nitrogens with zero attached hydrogens (tertiary/aromatic N) is 1. The molecule has 0 amide bonds. The summed E-state index contributed by atoms with van der Waals surface area (Å²) in [4.78, 5) is 4.36. The molecule has 4 nitrogen and oxygen atoms in total. The summed E-state index contributed by atoms with van der Waals surface area (Å²) in [5.41, 5.74) is 0.763. The van der Waals surface area contributed by atoms with Gasteiger partial charge in [-0.3, -0.25) is 0 Å². The van der Waals surface area contributed by atoms with Gasteiger partial charge in [0.2, 0.25) is 0 Å². The highest BCUT2D eigenvalue weighted by atomic mass is 35.5. The zero-order chi connectivity index (χ0) is 12.8. The fourth-order valence-corrected chi connectivity index (χ4v) is 2.11. The lowest BCUT2D eigenvalue weighted by atomic mass is 10.1. The largest absolute Gasteiger partial charge is 0.376 e. The van der Waals surface area contributed by atoms with E-state index in [0.717, 1.165) is 31.0 Å².